The normalized spacial score (nSPS) is 13.6. The van der Waals surface area contributed by atoms with Crippen molar-refractivity contribution < 1.29 is 23.5 Å². The summed E-state index contributed by atoms with van der Waals surface area (Å²) in [7, 11) is 0. The summed E-state index contributed by atoms with van der Waals surface area (Å²) in [6.07, 6.45) is 1.92. The van der Waals surface area contributed by atoms with Crippen LogP contribution in [0.25, 0.3) is 0 Å². The Labute approximate surface area is 230 Å². The number of furan rings is 1. The number of rotatable bonds is 6. The molecule has 4 rings (SSSR count). The molecule has 192 valence electrons. The molecule has 0 radical (unpaired) electrons. The van der Waals surface area contributed by atoms with Crippen LogP contribution in [0.1, 0.15) is 50.6 Å². The van der Waals surface area contributed by atoms with Crippen molar-refractivity contribution in [1.82, 2.24) is 16.3 Å². The number of hydrazine groups is 1. The van der Waals surface area contributed by atoms with Gasteiger partial charge in [0.05, 0.1) is 16.3 Å². The van der Waals surface area contributed by atoms with Gasteiger partial charge >= 0.3 is 5.91 Å². The van der Waals surface area contributed by atoms with Gasteiger partial charge in [-0.25, -0.2) is 5.43 Å². The summed E-state index contributed by atoms with van der Waals surface area (Å²) in [4.78, 5) is 37.5. The molecule has 1 heterocycles. The van der Waals surface area contributed by atoms with E-state index in [1.807, 2.05) is 0 Å². The quantitative estimate of drug-likeness (QED) is 0.342. The minimum atomic E-state index is -0.607. The van der Waals surface area contributed by atoms with E-state index in [0.29, 0.717) is 56.2 Å². The SMILES string of the molecule is Cc1c(C(=O)NNC(=O)c2ccccc2Br)oc2c1/C(=N/NC(=O)COc1ccc(Cl)cc1Cl)CCC2. The van der Waals surface area contributed by atoms with Gasteiger partial charge in [-0.1, -0.05) is 35.3 Å². The van der Waals surface area contributed by atoms with Crippen molar-refractivity contribution in [3.63, 3.8) is 0 Å². The number of carbonyl (C=O) groups is 3. The van der Waals surface area contributed by atoms with Crippen LogP contribution in [-0.2, 0) is 11.2 Å². The number of nitrogens with one attached hydrogen (secondary N) is 3. The van der Waals surface area contributed by atoms with Gasteiger partial charge in [0.2, 0.25) is 0 Å². The van der Waals surface area contributed by atoms with Gasteiger partial charge in [0.25, 0.3) is 11.8 Å². The van der Waals surface area contributed by atoms with Crippen LogP contribution >= 0.6 is 39.1 Å². The van der Waals surface area contributed by atoms with Crippen LogP contribution in [0, 0.1) is 6.92 Å². The molecule has 0 aliphatic heterocycles. The lowest BCUT2D eigenvalue weighted by Crippen LogP contribution is -2.41. The fourth-order valence-corrected chi connectivity index (χ4v) is 4.71. The smallest absolute Gasteiger partial charge is 0.305 e. The van der Waals surface area contributed by atoms with Crippen LogP contribution in [0.2, 0.25) is 10.0 Å². The topological polar surface area (TPSA) is 122 Å². The van der Waals surface area contributed by atoms with Crippen molar-refractivity contribution in [2.24, 2.45) is 5.10 Å². The molecule has 0 saturated carbocycles. The molecular weight excluding hydrogens is 587 g/mol. The maximum atomic E-state index is 12.8. The molecule has 0 bridgehead atoms. The summed E-state index contributed by atoms with van der Waals surface area (Å²) in [5.41, 5.74) is 9.41. The highest BCUT2D eigenvalue weighted by molar-refractivity contribution is 9.10. The number of amides is 3. The van der Waals surface area contributed by atoms with Crippen LogP contribution in [0.15, 0.2) is 56.5 Å². The van der Waals surface area contributed by atoms with E-state index in [1.165, 1.54) is 6.07 Å². The van der Waals surface area contributed by atoms with Crippen molar-refractivity contribution in [3.8, 4) is 5.75 Å². The number of hydrazone groups is 1. The van der Waals surface area contributed by atoms with E-state index in [0.717, 1.165) is 6.42 Å². The lowest BCUT2D eigenvalue weighted by molar-refractivity contribution is -0.123. The number of hydrogen-bond acceptors (Lipinski definition) is 6. The summed E-state index contributed by atoms with van der Waals surface area (Å²) in [6.45, 7) is 1.42. The number of carbonyl (C=O) groups excluding carboxylic acids is 3. The first-order valence-electron chi connectivity index (χ1n) is 11.2. The maximum absolute atomic E-state index is 12.8. The number of halogens is 3. The van der Waals surface area contributed by atoms with Crippen molar-refractivity contribution >= 4 is 62.6 Å². The lowest BCUT2D eigenvalue weighted by atomic mass is 9.93. The van der Waals surface area contributed by atoms with Gasteiger partial charge in [0.15, 0.2) is 12.4 Å². The predicted octanol–water partition coefficient (Wildman–Crippen LogP) is 4.97. The predicted molar refractivity (Wildman–Crippen MR) is 142 cm³/mol. The van der Waals surface area contributed by atoms with Gasteiger partial charge in [0, 0.05) is 27.0 Å². The number of fused-ring (bicyclic) bond motifs is 1. The Kier molecular flexibility index (Phi) is 8.52. The number of benzene rings is 2. The second-order valence-electron chi connectivity index (χ2n) is 8.05. The minimum absolute atomic E-state index is 0.0547. The molecule has 0 saturated heterocycles. The van der Waals surface area contributed by atoms with Gasteiger partial charge in [-0.3, -0.25) is 25.2 Å². The van der Waals surface area contributed by atoms with Gasteiger partial charge in [-0.2, -0.15) is 5.10 Å². The first kappa shape index (κ1) is 26.7. The van der Waals surface area contributed by atoms with E-state index in [-0.39, 0.29) is 17.4 Å². The second-order valence-corrected chi connectivity index (χ2v) is 9.75. The Morgan fingerprint density at radius 2 is 1.84 bits per heavy atom. The molecule has 1 aliphatic rings. The van der Waals surface area contributed by atoms with E-state index >= 15 is 0 Å². The van der Waals surface area contributed by atoms with Crippen LogP contribution in [0.4, 0.5) is 0 Å². The highest BCUT2D eigenvalue weighted by atomic mass is 79.9. The molecular formula is C25H21BrCl2N4O5. The zero-order chi connectivity index (χ0) is 26.5. The Morgan fingerprint density at radius 3 is 2.59 bits per heavy atom. The second kappa shape index (κ2) is 11.8. The van der Waals surface area contributed by atoms with Crippen molar-refractivity contribution in [1.29, 1.82) is 0 Å². The van der Waals surface area contributed by atoms with Crippen LogP contribution < -0.4 is 21.0 Å². The largest absolute Gasteiger partial charge is 0.482 e. The summed E-state index contributed by atoms with van der Waals surface area (Å²) in [6, 6.07) is 11.5. The summed E-state index contributed by atoms with van der Waals surface area (Å²) < 4.78 is 11.8. The maximum Gasteiger partial charge on any atom is 0.305 e. The van der Waals surface area contributed by atoms with Crippen LogP contribution in [-0.4, -0.2) is 30.0 Å². The third-order valence-corrected chi connectivity index (χ3v) is 6.73. The van der Waals surface area contributed by atoms with Gasteiger partial charge in [0.1, 0.15) is 11.5 Å². The molecule has 1 aromatic heterocycles. The van der Waals surface area contributed by atoms with E-state index in [4.69, 9.17) is 32.4 Å². The molecule has 3 N–H and O–H groups in total. The summed E-state index contributed by atoms with van der Waals surface area (Å²) in [5, 5.41) is 4.99. The van der Waals surface area contributed by atoms with E-state index in [2.05, 4.69) is 37.3 Å². The van der Waals surface area contributed by atoms with Crippen LogP contribution in [0.5, 0.6) is 5.75 Å². The Bertz CT molecular complexity index is 1410. The zero-order valence-corrected chi connectivity index (χ0v) is 22.6. The Morgan fingerprint density at radius 1 is 1.08 bits per heavy atom. The molecule has 0 fully saturated rings. The molecule has 0 unspecified atom stereocenters. The van der Waals surface area contributed by atoms with Crippen LogP contribution in [0.3, 0.4) is 0 Å². The van der Waals surface area contributed by atoms with Gasteiger partial charge in [-0.15, -0.1) is 0 Å². The van der Waals surface area contributed by atoms with E-state index < -0.39 is 17.7 Å². The van der Waals surface area contributed by atoms with E-state index in [1.54, 1.807) is 43.3 Å². The molecule has 3 aromatic rings. The monoisotopic (exact) mass is 606 g/mol. The fraction of sp³-hybridized carbons (Fsp3) is 0.200. The molecule has 12 heteroatoms. The van der Waals surface area contributed by atoms with Crippen molar-refractivity contribution in [3.05, 3.63) is 85.2 Å². The van der Waals surface area contributed by atoms with Crippen molar-refractivity contribution in [2.45, 2.75) is 26.2 Å². The molecule has 3 amide bonds. The minimum Gasteiger partial charge on any atom is -0.482 e. The molecule has 2 aromatic carbocycles. The average molecular weight is 608 g/mol. The number of ether oxygens (including phenoxy) is 1. The first-order chi connectivity index (χ1) is 17.7. The van der Waals surface area contributed by atoms with Crippen molar-refractivity contribution in [2.75, 3.05) is 6.61 Å². The number of aryl methyl sites for hydroxylation is 1. The third kappa shape index (κ3) is 6.33. The molecule has 1 aliphatic carbocycles. The van der Waals surface area contributed by atoms with Gasteiger partial charge < -0.3 is 9.15 Å². The number of hydrogen-bond donors (Lipinski definition) is 3. The number of nitrogens with zero attached hydrogens (tertiary/aromatic N) is 1. The zero-order valence-electron chi connectivity index (χ0n) is 19.5. The summed E-state index contributed by atoms with van der Waals surface area (Å²) in [5.74, 6) is -0.616. The third-order valence-electron chi connectivity index (χ3n) is 5.51. The highest BCUT2D eigenvalue weighted by Crippen LogP contribution is 2.30. The Balaban J connectivity index is 1.40. The molecule has 0 spiro atoms. The lowest BCUT2D eigenvalue weighted by Gasteiger charge is -2.13. The Hall–Kier alpha value is -3.34. The highest BCUT2D eigenvalue weighted by Gasteiger charge is 2.28. The fourth-order valence-electron chi connectivity index (χ4n) is 3.78. The molecule has 9 nitrogen and oxygen atoms in total. The average Bonchev–Trinajstić information content (AvgIpc) is 3.22. The standard InChI is InChI=1S/C25H21BrCl2N4O5/c1-13-22-18(29-30-21(33)12-36-19-10-9-14(27)11-17(19)28)7-4-8-20(22)37-23(13)25(35)32-31-24(34)15-5-2-3-6-16(15)26/h2-3,5-6,9-11H,4,7-8,12H2,1H3,(H,30,33)(H,31,34)(H,32,35)/b29-18+. The molecule has 37 heavy (non-hydrogen) atoms. The van der Waals surface area contributed by atoms with Gasteiger partial charge in [-0.05, 0) is 66.0 Å². The molecule has 0 atom stereocenters. The van der Waals surface area contributed by atoms with E-state index in [9.17, 15) is 14.4 Å². The summed E-state index contributed by atoms with van der Waals surface area (Å²) >= 11 is 15.2. The first-order valence-corrected chi connectivity index (χ1v) is 12.7.